The number of rotatable bonds is 0. The van der Waals surface area contributed by atoms with Crippen LogP contribution in [0.2, 0.25) is 0 Å². The molecule has 7 N–H and O–H groups in total. The van der Waals surface area contributed by atoms with Gasteiger partial charge in [-0.05, 0) is 0 Å². The maximum atomic E-state index is 8.88. The number of phosphoric acid groups is 1. The summed E-state index contributed by atoms with van der Waals surface area (Å²) in [5.74, 6) is 0. The first-order valence-corrected chi connectivity index (χ1v) is 4.57. The van der Waals surface area contributed by atoms with E-state index in [0.29, 0.717) is 0 Å². The van der Waals surface area contributed by atoms with E-state index in [1.54, 1.807) is 0 Å². The molecule has 0 aromatic rings. The standard InChI is InChI=1S/Cu.H3O4P.4H2O/c;1-5(2,3)4;;;;/h;(H3,1,2,3,4);4*1H2/q+4;;;;;/p-4. The molecule has 0 unspecified atom stereocenters. The molecule has 0 bridgehead atoms. The summed E-state index contributed by atoms with van der Waals surface area (Å²) < 4.78 is 37.9. The maximum absolute atomic E-state index is 8.88. The summed E-state index contributed by atoms with van der Waals surface area (Å²) in [7, 11) is -4.64. The first-order chi connectivity index (χ1) is 4.00. The predicted molar refractivity (Wildman–Crippen MR) is 23.1 cm³/mol. The fraction of sp³-hybridized carbons (Fsp3) is 0. The van der Waals surface area contributed by atoms with Gasteiger partial charge in [-0.2, -0.15) is 0 Å². The van der Waals surface area contributed by atoms with Gasteiger partial charge in [0.25, 0.3) is 0 Å². The zero-order valence-corrected chi connectivity index (χ0v) is 6.12. The van der Waals surface area contributed by atoms with Gasteiger partial charge in [-0.3, -0.25) is 0 Å². The molecule has 0 rings (SSSR count). The molecular weight excluding hydrogens is 223 g/mol. The molecule has 0 amide bonds. The molecule has 10 heavy (non-hydrogen) atoms. The van der Waals surface area contributed by atoms with E-state index in [1.165, 1.54) is 0 Å². The molecule has 10 heteroatoms. The summed E-state index contributed by atoms with van der Waals surface area (Å²) in [6.45, 7) is 0. The van der Waals surface area contributed by atoms with Crippen LogP contribution in [0.1, 0.15) is 0 Å². The molecule has 0 radical (unpaired) electrons. The van der Waals surface area contributed by atoms with E-state index in [1.807, 2.05) is 0 Å². The van der Waals surface area contributed by atoms with E-state index in [9.17, 15) is 0 Å². The third-order valence-electron chi connectivity index (χ3n) is 0. The van der Waals surface area contributed by atoms with Gasteiger partial charge in [0.05, 0.1) is 0 Å². The van der Waals surface area contributed by atoms with Crippen molar-refractivity contribution in [2.24, 2.45) is 0 Å². The molecule has 8 nitrogen and oxygen atoms in total. The van der Waals surface area contributed by atoms with Crippen LogP contribution in [0.25, 0.3) is 0 Å². The Bertz CT molecular complexity index is 101. The van der Waals surface area contributed by atoms with Gasteiger partial charge in [0.15, 0.2) is 0 Å². The molecule has 0 heterocycles. The fourth-order valence-corrected chi connectivity index (χ4v) is 0. The van der Waals surface area contributed by atoms with Gasteiger partial charge in [0.1, 0.15) is 0 Å². The van der Waals surface area contributed by atoms with Crippen LogP contribution in [-0.2, 0) is 18.7 Å². The fourth-order valence-electron chi connectivity index (χ4n) is 0. The van der Waals surface area contributed by atoms with Gasteiger partial charge < -0.3 is 14.7 Å². The third-order valence-corrected chi connectivity index (χ3v) is 0. The van der Waals surface area contributed by atoms with Crippen molar-refractivity contribution in [3.63, 3.8) is 0 Å². The Balaban J connectivity index is 0. The van der Waals surface area contributed by atoms with Gasteiger partial charge in [-0.15, -0.1) is 0 Å². The third kappa shape index (κ3) is 2140. The second-order valence-electron chi connectivity index (χ2n) is 0.875. The molecule has 0 spiro atoms. The molecule has 0 saturated heterocycles. The van der Waals surface area contributed by atoms with Crippen molar-refractivity contribution in [3.8, 4) is 0 Å². The van der Waals surface area contributed by atoms with E-state index in [4.69, 9.17) is 36.0 Å². The second-order valence-corrected chi connectivity index (χ2v) is 3.03. The summed E-state index contributed by atoms with van der Waals surface area (Å²) in [5.41, 5.74) is 0. The van der Waals surface area contributed by atoms with Crippen LogP contribution in [-0.4, -0.2) is 31.4 Å². The van der Waals surface area contributed by atoms with Crippen LogP contribution in [0.4, 0.5) is 0 Å². The van der Waals surface area contributed by atoms with Crippen molar-refractivity contribution in [3.05, 3.63) is 0 Å². The molecule has 0 aliphatic heterocycles. The van der Waals surface area contributed by atoms with E-state index in [2.05, 4.69) is 0 Å². The first kappa shape index (κ1) is 13.1. The normalized spacial score (nSPS) is 13.5. The molecular formula is H7CuO8P. The minimum absolute atomic E-state index is 4.12. The molecule has 0 saturated carbocycles. The Hall–Kier alpha value is 0.469. The molecule has 0 aliphatic rings. The molecule has 71 valence electrons. The van der Waals surface area contributed by atoms with E-state index in [0.717, 1.165) is 0 Å². The van der Waals surface area contributed by atoms with Crippen molar-refractivity contribution in [1.82, 2.24) is 0 Å². The Labute approximate surface area is 58.8 Å². The van der Waals surface area contributed by atoms with Gasteiger partial charge in [0, 0.05) is 0 Å². The Morgan fingerprint density at radius 1 is 0.900 bits per heavy atom. The van der Waals surface area contributed by atoms with Gasteiger partial charge in [-0.1, -0.05) is 0 Å². The van der Waals surface area contributed by atoms with Gasteiger partial charge in [-0.25, -0.2) is 4.57 Å². The molecule has 0 aromatic carbocycles. The van der Waals surface area contributed by atoms with Crippen LogP contribution >= 0.6 is 7.82 Å². The van der Waals surface area contributed by atoms with Gasteiger partial charge >= 0.3 is 38.7 Å². The van der Waals surface area contributed by atoms with Crippen LogP contribution in [0.3, 0.4) is 0 Å². The van der Waals surface area contributed by atoms with Crippen molar-refractivity contribution >= 4 is 7.82 Å². The quantitative estimate of drug-likeness (QED) is 0.169. The number of hydrogen-bond acceptors (Lipinski definition) is 5. The molecule has 0 aromatic heterocycles. The number of hydrogen-bond donors (Lipinski definition) is 7. The Kier molecular flexibility index (Phi) is 5.72. The summed E-state index contributed by atoms with van der Waals surface area (Å²) in [5, 5.41) is 0. The Morgan fingerprint density at radius 3 is 0.900 bits per heavy atom. The average molecular weight is 230 g/mol. The van der Waals surface area contributed by atoms with Crippen LogP contribution < -0.4 is 0 Å². The summed E-state index contributed by atoms with van der Waals surface area (Å²) in [6.07, 6.45) is 0. The van der Waals surface area contributed by atoms with Crippen molar-refractivity contribution < 1.29 is 50.2 Å². The van der Waals surface area contributed by atoms with Crippen LogP contribution in [0.5, 0.6) is 0 Å². The summed E-state index contributed by atoms with van der Waals surface area (Å²) in [6, 6.07) is 0. The molecule has 0 atom stereocenters. The Morgan fingerprint density at radius 2 is 0.900 bits per heavy atom. The van der Waals surface area contributed by atoms with Crippen LogP contribution in [0, 0.1) is 0 Å². The summed E-state index contributed by atoms with van der Waals surface area (Å²) >= 11 is -4.12. The topological polar surface area (TPSA) is 159 Å². The SMILES string of the molecule is O=P(O)(O)O.[OH][Cu]([OH])([OH])[OH]. The first-order valence-electron chi connectivity index (χ1n) is 1.32. The molecule has 0 aliphatic carbocycles. The van der Waals surface area contributed by atoms with Gasteiger partial charge in [0.2, 0.25) is 0 Å². The average Bonchev–Trinajstić information content (AvgIpc) is 1.12. The van der Waals surface area contributed by atoms with E-state index in [-0.39, 0.29) is 0 Å². The second kappa shape index (κ2) is 4.37. The van der Waals surface area contributed by atoms with E-state index < -0.39 is 22.0 Å². The molecule has 0 fully saturated rings. The van der Waals surface area contributed by atoms with Crippen molar-refractivity contribution in [2.45, 2.75) is 0 Å². The zero-order chi connectivity index (χ0) is 9.00. The predicted octanol–water partition coefficient (Wildman–Crippen LogP) is -3.16. The van der Waals surface area contributed by atoms with Crippen molar-refractivity contribution in [1.29, 1.82) is 0 Å². The van der Waals surface area contributed by atoms with Crippen LogP contribution in [0.15, 0.2) is 0 Å². The van der Waals surface area contributed by atoms with E-state index >= 15 is 0 Å². The summed E-state index contributed by atoms with van der Waals surface area (Å²) in [4.78, 5) is 21.6. The minimum atomic E-state index is -4.64. The zero-order valence-electron chi connectivity index (χ0n) is 4.29. The van der Waals surface area contributed by atoms with Crippen molar-refractivity contribution in [2.75, 3.05) is 0 Å². The monoisotopic (exact) mass is 229 g/mol.